The van der Waals surface area contributed by atoms with E-state index in [1.54, 1.807) is 22.5 Å². The number of nitrogens with two attached hydrogens (primary N) is 1. The molecule has 0 aliphatic heterocycles. The Morgan fingerprint density at radius 2 is 2.29 bits per heavy atom. The molecule has 14 heavy (non-hydrogen) atoms. The largest absolute Gasteiger partial charge is 0.397 e. The molecule has 5 heteroatoms. The molecule has 0 aliphatic rings. The van der Waals surface area contributed by atoms with Gasteiger partial charge in [-0.1, -0.05) is 0 Å². The van der Waals surface area contributed by atoms with Crippen molar-refractivity contribution in [3.05, 3.63) is 26.6 Å². The van der Waals surface area contributed by atoms with E-state index in [2.05, 4.69) is 15.9 Å². The summed E-state index contributed by atoms with van der Waals surface area (Å²) < 4.78 is 2.21. The fourth-order valence-corrected chi connectivity index (χ4v) is 1.93. The van der Waals surface area contributed by atoms with Gasteiger partial charge in [-0.15, -0.1) is 0 Å². The Labute approximate surface area is 95.8 Å². The summed E-state index contributed by atoms with van der Waals surface area (Å²) in [5, 5.41) is 0. The Morgan fingerprint density at radius 3 is 2.86 bits per heavy atom. The van der Waals surface area contributed by atoms with Crippen LogP contribution in [0.4, 0.5) is 5.69 Å². The van der Waals surface area contributed by atoms with Crippen molar-refractivity contribution in [2.45, 2.75) is 13.5 Å². The molecule has 2 N–H and O–H groups in total. The van der Waals surface area contributed by atoms with Crippen LogP contribution in [0.15, 0.2) is 15.5 Å². The number of aromatic nitrogens is 1. The standard InChI is InChI=1S/C9H13BrN2OS/c1-6-7(11)5-12(3-4-14-2)9(13)8(6)10/h5H,3-4,11H2,1-2H3. The van der Waals surface area contributed by atoms with Crippen molar-refractivity contribution >= 4 is 33.4 Å². The molecule has 0 unspecified atom stereocenters. The Morgan fingerprint density at radius 1 is 1.64 bits per heavy atom. The number of anilines is 1. The molecular formula is C9H13BrN2OS. The number of hydrogen-bond donors (Lipinski definition) is 1. The Hall–Kier alpha value is -0.420. The van der Waals surface area contributed by atoms with Gasteiger partial charge in [0, 0.05) is 18.5 Å². The number of rotatable bonds is 3. The first-order valence-electron chi connectivity index (χ1n) is 4.22. The van der Waals surface area contributed by atoms with Gasteiger partial charge >= 0.3 is 0 Å². The lowest BCUT2D eigenvalue weighted by molar-refractivity contribution is 0.731. The predicted octanol–water partition coefficient (Wildman–Crippen LogP) is 1.86. The Bertz CT molecular complexity index is 389. The summed E-state index contributed by atoms with van der Waals surface area (Å²) in [6.07, 6.45) is 3.72. The number of aryl methyl sites for hydroxylation is 1. The van der Waals surface area contributed by atoms with Crippen LogP contribution < -0.4 is 11.3 Å². The Balaban J connectivity index is 3.13. The molecule has 3 nitrogen and oxygen atoms in total. The zero-order valence-corrected chi connectivity index (χ0v) is 10.6. The van der Waals surface area contributed by atoms with Crippen LogP contribution in [0.3, 0.4) is 0 Å². The normalized spacial score (nSPS) is 10.5. The minimum absolute atomic E-state index is 0.00856. The second-order valence-corrected chi connectivity index (χ2v) is 4.79. The highest BCUT2D eigenvalue weighted by atomic mass is 79.9. The van der Waals surface area contributed by atoms with Gasteiger partial charge < -0.3 is 10.3 Å². The second-order valence-electron chi connectivity index (χ2n) is 3.01. The molecule has 1 aromatic heterocycles. The fraction of sp³-hybridized carbons (Fsp3) is 0.444. The molecule has 0 aliphatic carbocycles. The molecule has 1 heterocycles. The topological polar surface area (TPSA) is 48.0 Å². The lowest BCUT2D eigenvalue weighted by Gasteiger charge is -2.09. The van der Waals surface area contributed by atoms with E-state index < -0.39 is 0 Å². The van der Waals surface area contributed by atoms with E-state index in [9.17, 15) is 4.79 Å². The van der Waals surface area contributed by atoms with Gasteiger partial charge in [0.1, 0.15) is 0 Å². The van der Waals surface area contributed by atoms with Crippen molar-refractivity contribution < 1.29 is 0 Å². The summed E-state index contributed by atoms with van der Waals surface area (Å²) in [6.45, 7) is 2.53. The average molecular weight is 277 g/mol. The van der Waals surface area contributed by atoms with Crippen LogP contribution in [0, 0.1) is 6.92 Å². The summed E-state index contributed by atoms with van der Waals surface area (Å²) in [4.78, 5) is 11.7. The second kappa shape index (κ2) is 4.89. The third-order valence-electron chi connectivity index (χ3n) is 2.04. The zero-order valence-electron chi connectivity index (χ0n) is 8.21. The van der Waals surface area contributed by atoms with Gasteiger partial charge in [0.15, 0.2) is 0 Å². The minimum atomic E-state index is -0.00856. The molecule has 0 atom stereocenters. The van der Waals surface area contributed by atoms with Gasteiger partial charge in [-0.2, -0.15) is 11.8 Å². The molecular weight excluding hydrogens is 264 g/mol. The third-order valence-corrected chi connectivity index (χ3v) is 3.57. The minimum Gasteiger partial charge on any atom is -0.397 e. The van der Waals surface area contributed by atoms with Gasteiger partial charge in [-0.3, -0.25) is 4.79 Å². The van der Waals surface area contributed by atoms with E-state index >= 15 is 0 Å². The fourth-order valence-electron chi connectivity index (χ4n) is 1.09. The molecule has 0 aromatic carbocycles. The number of hydrogen-bond acceptors (Lipinski definition) is 3. The first kappa shape index (κ1) is 11.7. The van der Waals surface area contributed by atoms with Crippen molar-refractivity contribution in [2.75, 3.05) is 17.7 Å². The van der Waals surface area contributed by atoms with Crippen molar-refractivity contribution in [2.24, 2.45) is 0 Å². The molecule has 0 bridgehead atoms. The summed E-state index contributed by atoms with van der Waals surface area (Å²) in [5.41, 5.74) is 7.22. The van der Waals surface area contributed by atoms with Crippen molar-refractivity contribution in [1.82, 2.24) is 4.57 Å². The number of nitrogen functional groups attached to an aromatic ring is 1. The first-order chi connectivity index (χ1) is 6.57. The number of pyridine rings is 1. The molecule has 1 rings (SSSR count). The van der Waals surface area contributed by atoms with E-state index in [0.717, 1.165) is 11.3 Å². The summed E-state index contributed by atoms with van der Waals surface area (Å²) in [6, 6.07) is 0. The highest BCUT2D eigenvalue weighted by Gasteiger charge is 2.07. The molecule has 78 valence electrons. The number of thioether (sulfide) groups is 1. The monoisotopic (exact) mass is 276 g/mol. The summed E-state index contributed by atoms with van der Waals surface area (Å²) >= 11 is 4.96. The van der Waals surface area contributed by atoms with Gasteiger partial charge in [0.25, 0.3) is 5.56 Å². The van der Waals surface area contributed by atoms with Crippen molar-refractivity contribution in [1.29, 1.82) is 0 Å². The molecule has 0 saturated heterocycles. The van der Waals surface area contributed by atoms with Crippen molar-refractivity contribution in [3.8, 4) is 0 Å². The Kier molecular flexibility index (Phi) is 4.07. The molecule has 0 fully saturated rings. The van der Waals surface area contributed by atoms with Crippen LogP contribution in [0.5, 0.6) is 0 Å². The maximum atomic E-state index is 11.7. The van der Waals surface area contributed by atoms with Crippen LogP contribution in [-0.2, 0) is 6.54 Å². The quantitative estimate of drug-likeness (QED) is 0.917. The first-order valence-corrected chi connectivity index (χ1v) is 6.40. The van der Waals surface area contributed by atoms with Gasteiger partial charge in [0.05, 0.1) is 10.2 Å². The summed E-state index contributed by atoms with van der Waals surface area (Å²) in [7, 11) is 0. The lowest BCUT2D eigenvalue weighted by atomic mass is 10.2. The maximum absolute atomic E-state index is 11.7. The summed E-state index contributed by atoms with van der Waals surface area (Å²) in [5.74, 6) is 0.912. The SMILES string of the molecule is CSCCn1cc(N)c(C)c(Br)c1=O. The molecule has 0 radical (unpaired) electrons. The molecule has 0 amide bonds. The van der Waals surface area contributed by atoms with E-state index in [1.807, 2.05) is 13.2 Å². The zero-order chi connectivity index (χ0) is 10.7. The van der Waals surface area contributed by atoms with E-state index in [0.29, 0.717) is 16.7 Å². The lowest BCUT2D eigenvalue weighted by Crippen LogP contribution is -2.23. The predicted molar refractivity (Wildman–Crippen MR) is 65.9 cm³/mol. The smallest absolute Gasteiger partial charge is 0.265 e. The highest BCUT2D eigenvalue weighted by molar-refractivity contribution is 9.10. The van der Waals surface area contributed by atoms with E-state index in [1.165, 1.54) is 0 Å². The van der Waals surface area contributed by atoms with E-state index in [-0.39, 0.29) is 5.56 Å². The van der Waals surface area contributed by atoms with Crippen LogP contribution in [0.2, 0.25) is 0 Å². The molecule has 0 spiro atoms. The highest BCUT2D eigenvalue weighted by Crippen LogP contribution is 2.16. The van der Waals surface area contributed by atoms with Gasteiger partial charge in [-0.25, -0.2) is 0 Å². The van der Waals surface area contributed by atoms with Crippen molar-refractivity contribution in [3.63, 3.8) is 0 Å². The van der Waals surface area contributed by atoms with Crippen LogP contribution in [-0.4, -0.2) is 16.6 Å². The van der Waals surface area contributed by atoms with Crippen LogP contribution >= 0.6 is 27.7 Å². The van der Waals surface area contributed by atoms with E-state index in [4.69, 9.17) is 5.73 Å². The third kappa shape index (κ3) is 2.33. The van der Waals surface area contributed by atoms with Gasteiger partial charge in [-0.05, 0) is 34.7 Å². The average Bonchev–Trinajstić information content (AvgIpc) is 2.18. The maximum Gasteiger partial charge on any atom is 0.265 e. The van der Waals surface area contributed by atoms with Crippen LogP contribution in [0.25, 0.3) is 0 Å². The van der Waals surface area contributed by atoms with Gasteiger partial charge in [0.2, 0.25) is 0 Å². The molecule has 0 saturated carbocycles. The number of nitrogens with zero attached hydrogens (tertiary/aromatic N) is 1. The molecule has 1 aromatic rings. The van der Waals surface area contributed by atoms with Crippen LogP contribution in [0.1, 0.15) is 5.56 Å². The number of halogens is 1.